The molecule has 0 spiro atoms. The summed E-state index contributed by atoms with van der Waals surface area (Å²) in [5.41, 5.74) is 4.07. The molecule has 1 amide bonds. The second-order valence-electron chi connectivity index (χ2n) is 8.80. The van der Waals surface area contributed by atoms with Gasteiger partial charge in [0.05, 0.1) is 23.4 Å². The van der Waals surface area contributed by atoms with Crippen molar-refractivity contribution >= 4 is 33.3 Å². The van der Waals surface area contributed by atoms with Gasteiger partial charge in [-0.1, -0.05) is 0 Å². The molecule has 0 atom stereocenters. The molecule has 0 aliphatic carbocycles. The summed E-state index contributed by atoms with van der Waals surface area (Å²) in [7, 11) is 0. The van der Waals surface area contributed by atoms with Gasteiger partial charge in [0.1, 0.15) is 6.61 Å². The summed E-state index contributed by atoms with van der Waals surface area (Å²) in [6.07, 6.45) is 1.84. The van der Waals surface area contributed by atoms with Crippen LogP contribution in [0.1, 0.15) is 16.1 Å². The monoisotopic (exact) mass is 482 g/mol. The van der Waals surface area contributed by atoms with Gasteiger partial charge in [0.2, 0.25) is 5.91 Å². The van der Waals surface area contributed by atoms with Crippen LogP contribution >= 0.6 is 11.3 Å². The number of aliphatic hydroxyl groups excluding tert-OH is 1. The van der Waals surface area contributed by atoms with Crippen molar-refractivity contribution in [3.63, 3.8) is 0 Å². The molecule has 0 bridgehead atoms. The van der Waals surface area contributed by atoms with E-state index in [1.165, 1.54) is 10.4 Å². The molecule has 1 N–H and O–H groups in total. The first kappa shape index (κ1) is 23.1. The van der Waals surface area contributed by atoms with Crippen molar-refractivity contribution in [1.29, 1.82) is 0 Å². The molecule has 9 nitrogen and oxygen atoms in total. The number of fused-ring (bicyclic) bond motifs is 1. The molecule has 3 aromatic rings. The van der Waals surface area contributed by atoms with Gasteiger partial charge in [-0.25, -0.2) is 9.97 Å². The molecule has 2 aliphatic rings. The Balaban J connectivity index is 1.48. The molecule has 5 heterocycles. The third-order valence-electron chi connectivity index (χ3n) is 6.55. The second-order valence-corrected chi connectivity index (χ2v) is 9.91. The Labute approximate surface area is 203 Å². The number of morpholine rings is 1. The van der Waals surface area contributed by atoms with E-state index in [0.717, 1.165) is 60.0 Å². The predicted octanol–water partition coefficient (Wildman–Crippen LogP) is 1.84. The van der Waals surface area contributed by atoms with Crippen molar-refractivity contribution in [3.05, 3.63) is 34.5 Å². The molecular weight excluding hydrogens is 452 g/mol. The summed E-state index contributed by atoms with van der Waals surface area (Å²) in [4.78, 5) is 33.9. The van der Waals surface area contributed by atoms with Crippen LogP contribution in [0.5, 0.6) is 0 Å². The second kappa shape index (κ2) is 9.91. The number of amides is 1. The molecule has 3 aromatic heterocycles. The van der Waals surface area contributed by atoms with E-state index in [0.29, 0.717) is 32.1 Å². The van der Waals surface area contributed by atoms with E-state index in [4.69, 9.17) is 19.8 Å². The molecule has 0 unspecified atom stereocenters. The van der Waals surface area contributed by atoms with Gasteiger partial charge in [-0.3, -0.25) is 14.7 Å². The lowest BCUT2D eigenvalue weighted by Crippen LogP contribution is -2.49. The molecule has 2 saturated heterocycles. The van der Waals surface area contributed by atoms with E-state index in [9.17, 15) is 4.79 Å². The van der Waals surface area contributed by atoms with Gasteiger partial charge < -0.3 is 19.6 Å². The van der Waals surface area contributed by atoms with Crippen LogP contribution in [0.15, 0.2) is 18.3 Å². The number of ether oxygens (including phenoxy) is 1. The molecule has 0 aromatic carbocycles. The summed E-state index contributed by atoms with van der Waals surface area (Å²) >= 11 is 1.77. The van der Waals surface area contributed by atoms with Crippen LogP contribution in [0, 0.1) is 13.8 Å². The zero-order valence-corrected chi connectivity index (χ0v) is 20.5. The van der Waals surface area contributed by atoms with E-state index >= 15 is 0 Å². The topological polar surface area (TPSA) is 94.9 Å². The van der Waals surface area contributed by atoms with Crippen molar-refractivity contribution in [2.45, 2.75) is 20.4 Å². The number of aryl methyl sites for hydroxylation is 2. The smallest absolute Gasteiger partial charge is 0.248 e. The van der Waals surface area contributed by atoms with Crippen LogP contribution < -0.4 is 4.90 Å². The number of rotatable bonds is 5. The van der Waals surface area contributed by atoms with Crippen LogP contribution in [-0.2, 0) is 16.1 Å². The zero-order chi connectivity index (χ0) is 23.7. The van der Waals surface area contributed by atoms with Gasteiger partial charge in [0.25, 0.3) is 0 Å². The lowest BCUT2D eigenvalue weighted by molar-refractivity contribution is -0.135. The minimum absolute atomic E-state index is 0.193. The highest BCUT2D eigenvalue weighted by atomic mass is 32.1. The van der Waals surface area contributed by atoms with Gasteiger partial charge in [0, 0.05) is 68.1 Å². The zero-order valence-electron chi connectivity index (χ0n) is 19.7. The van der Waals surface area contributed by atoms with Gasteiger partial charge in [0.15, 0.2) is 11.6 Å². The van der Waals surface area contributed by atoms with Crippen LogP contribution in [0.4, 0.5) is 5.82 Å². The maximum atomic E-state index is 11.8. The average Bonchev–Trinajstić information content (AvgIpc) is 3.19. The number of aromatic nitrogens is 3. The summed E-state index contributed by atoms with van der Waals surface area (Å²) < 4.78 is 6.70. The molecule has 2 aliphatic heterocycles. The van der Waals surface area contributed by atoms with E-state index < -0.39 is 6.61 Å². The molecule has 0 radical (unpaired) electrons. The van der Waals surface area contributed by atoms with Gasteiger partial charge >= 0.3 is 0 Å². The summed E-state index contributed by atoms with van der Waals surface area (Å²) in [6.45, 7) is 10.4. The number of piperazine rings is 1. The van der Waals surface area contributed by atoms with Gasteiger partial charge in [-0.05, 0) is 31.5 Å². The Hall–Kier alpha value is -2.66. The summed E-state index contributed by atoms with van der Waals surface area (Å²) in [5, 5.41) is 9.13. The number of hydrogen-bond donors (Lipinski definition) is 1. The van der Waals surface area contributed by atoms with Crippen molar-refractivity contribution < 1.29 is 14.6 Å². The molecule has 5 rings (SSSR count). The maximum absolute atomic E-state index is 11.8. The first-order valence-corrected chi connectivity index (χ1v) is 12.5. The number of pyridine rings is 1. The lowest BCUT2D eigenvalue weighted by Gasteiger charge is -2.34. The highest BCUT2D eigenvalue weighted by Gasteiger charge is 2.25. The van der Waals surface area contributed by atoms with Gasteiger partial charge in [-0.15, -0.1) is 11.3 Å². The van der Waals surface area contributed by atoms with Crippen molar-refractivity contribution in [2.24, 2.45) is 0 Å². The Kier molecular flexibility index (Phi) is 6.73. The number of carbonyl (C=O) groups is 1. The largest absolute Gasteiger partial charge is 0.387 e. The van der Waals surface area contributed by atoms with Crippen LogP contribution in [0.2, 0.25) is 0 Å². The molecular formula is C24H30N6O3S. The van der Waals surface area contributed by atoms with Crippen LogP contribution in [0.25, 0.3) is 21.6 Å². The fourth-order valence-corrected chi connectivity index (χ4v) is 5.75. The van der Waals surface area contributed by atoms with Crippen LogP contribution in [0.3, 0.4) is 0 Å². The average molecular weight is 483 g/mol. The maximum Gasteiger partial charge on any atom is 0.248 e. The van der Waals surface area contributed by atoms with Crippen molar-refractivity contribution in [1.82, 2.24) is 24.8 Å². The Morgan fingerprint density at radius 2 is 1.85 bits per heavy atom. The normalized spacial score (nSPS) is 17.5. The Bertz CT molecular complexity index is 1170. The molecule has 34 heavy (non-hydrogen) atoms. The van der Waals surface area contributed by atoms with E-state index in [2.05, 4.69) is 21.7 Å². The number of carbonyl (C=O) groups excluding carboxylic acids is 1. The fraction of sp³-hybridized carbons (Fsp3) is 0.500. The highest BCUT2D eigenvalue weighted by Crippen LogP contribution is 2.38. The third-order valence-corrected chi connectivity index (χ3v) is 7.82. The van der Waals surface area contributed by atoms with Crippen molar-refractivity contribution in [3.8, 4) is 11.4 Å². The Morgan fingerprint density at radius 3 is 2.53 bits per heavy atom. The fourth-order valence-electron chi connectivity index (χ4n) is 4.45. The molecule has 10 heteroatoms. The minimum Gasteiger partial charge on any atom is -0.387 e. The SMILES string of the molecule is Cc1ccc(-c2nc(N3CCOCC3)c3sc(CN4CCN(C(=O)CO)CC4)c(C)c3n2)cn1. The summed E-state index contributed by atoms with van der Waals surface area (Å²) in [6, 6.07) is 4.02. The number of nitrogens with zero attached hydrogens (tertiary/aromatic N) is 6. The lowest BCUT2D eigenvalue weighted by atomic mass is 10.2. The third kappa shape index (κ3) is 4.63. The highest BCUT2D eigenvalue weighted by molar-refractivity contribution is 7.19. The predicted molar refractivity (Wildman–Crippen MR) is 132 cm³/mol. The minimum atomic E-state index is -0.419. The van der Waals surface area contributed by atoms with E-state index in [1.807, 2.05) is 25.3 Å². The number of anilines is 1. The molecule has 180 valence electrons. The van der Waals surface area contributed by atoms with Crippen LogP contribution in [-0.4, -0.2) is 94.9 Å². The molecule has 2 fully saturated rings. The number of aliphatic hydroxyl groups is 1. The van der Waals surface area contributed by atoms with Gasteiger partial charge in [-0.2, -0.15) is 0 Å². The first-order valence-electron chi connectivity index (χ1n) is 11.7. The van der Waals surface area contributed by atoms with E-state index in [-0.39, 0.29) is 5.91 Å². The Morgan fingerprint density at radius 1 is 1.09 bits per heavy atom. The standard InChI is InChI=1S/C24H30N6O3S/c1-16-3-4-18(13-25-16)23-26-21-17(2)19(14-28-5-7-29(8-6-28)20(32)15-31)34-22(21)24(27-23)30-9-11-33-12-10-30/h3-4,13,31H,5-12,14-15H2,1-2H3. The first-order chi connectivity index (χ1) is 16.5. The quantitative estimate of drug-likeness (QED) is 0.589. The number of thiophene rings is 1. The number of hydrogen-bond acceptors (Lipinski definition) is 9. The van der Waals surface area contributed by atoms with E-state index in [1.54, 1.807) is 16.2 Å². The molecule has 0 saturated carbocycles. The summed E-state index contributed by atoms with van der Waals surface area (Å²) in [5.74, 6) is 1.48. The van der Waals surface area contributed by atoms with Crippen molar-refractivity contribution in [2.75, 3.05) is 64.0 Å².